The van der Waals surface area contributed by atoms with Gasteiger partial charge in [-0.15, -0.1) is 0 Å². The Hall–Kier alpha value is -0.800. The van der Waals surface area contributed by atoms with Crippen LogP contribution in [0, 0.1) is 0 Å². The SMILES string of the molecule is CN1CCCCC1CNCc1ccn(C)c1. The van der Waals surface area contributed by atoms with Crippen molar-refractivity contribution in [1.82, 2.24) is 14.8 Å². The minimum absolute atomic E-state index is 0.734. The monoisotopic (exact) mass is 221 g/mol. The zero-order chi connectivity index (χ0) is 11.4. The quantitative estimate of drug-likeness (QED) is 0.833. The third-order valence-electron chi connectivity index (χ3n) is 3.52. The molecule has 1 unspecified atom stereocenters. The van der Waals surface area contributed by atoms with Crippen LogP contribution >= 0.6 is 0 Å². The van der Waals surface area contributed by atoms with Crippen molar-refractivity contribution >= 4 is 0 Å². The molecule has 1 atom stereocenters. The highest BCUT2D eigenvalue weighted by molar-refractivity contribution is 5.09. The number of nitrogens with zero attached hydrogens (tertiary/aromatic N) is 2. The first-order chi connectivity index (χ1) is 7.75. The Morgan fingerprint density at radius 3 is 2.94 bits per heavy atom. The van der Waals surface area contributed by atoms with E-state index in [9.17, 15) is 0 Å². The molecule has 2 rings (SSSR count). The first-order valence-electron chi connectivity index (χ1n) is 6.27. The van der Waals surface area contributed by atoms with Gasteiger partial charge in [0.2, 0.25) is 0 Å². The molecule has 0 radical (unpaired) electrons. The number of piperidine rings is 1. The van der Waals surface area contributed by atoms with Crippen LogP contribution < -0.4 is 5.32 Å². The van der Waals surface area contributed by atoms with Crippen LogP contribution in [-0.4, -0.2) is 35.6 Å². The van der Waals surface area contributed by atoms with E-state index in [1.807, 2.05) is 0 Å². The van der Waals surface area contributed by atoms with E-state index in [0.717, 1.165) is 19.1 Å². The second-order valence-corrected chi connectivity index (χ2v) is 4.95. The van der Waals surface area contributed by atoms with Crippen molar-refractivity contribution in [2.45, 2.75) is 31.8 Å². The Balaban J connectivity index is 1.71. The van der Waals surface area contributed by atoms with Gasteiger partial charge in [0.05, 0.1) is 0 Å². The van der Waals surface area contributed by atoms with E-state index in [1.165, 1.54) is 31.4 Å². The molecule has 90 valence electrons. The van der Waals surface area contributed by atoms with Gasteiger partial charge in [0.1, 0.15) is 0 Å². The van der Waals surface area contributed by atoms with Gasteiger partial charge in [-0.25, -0.2) is 0 Å². The summed E-state index contributed by atoms with van der Waals surface area (Å²) in [6.45, 7) is 3.37. The maximum absolute atomic E-state index is 3.56. The maximum atomic E-state index is 3.56. The number of aromatic nitrogens is 1. The summed E-state index contributed by atoms with van der Waals surface area (Å²) >= 11 is 0. The summed E-state index contributed by atoms with van der Waals surface area (Å²) in [6.07, 6.45) is 8.38. The molecular formula is C13H23N3. The summed E-state index contributed by atoms with van der Waals surface area (Å²) in [7, 11) is 4.31. The van der Waals surface area contributed by atoms with Gasteiger partial charge >= 0.3 is 0 Å². The van der Waals surface area contributed by atoms with Crippen LogP contribution in [0.5, 0.6) is 0 Å². The molecule has 1 N–H and O–H groups in total. The Kier molecular flexibility index (Phi) is 4.02. The highest BCUT2D eigenvalue weighted by atomic mass is 15.2. The fourth-order valence-corrected chi connectivity index (χ4v) is 2.45. The van der Waals surface area contributed by atoms with Crippen molar-refractivity contribution in [2.24, 2.45) is 7.05 Å². The van der Waals surface area contributed by atoms with Crippen molar-refractivity contribution in [3.05, 3.63) is 24.0 Å². The molecule has 0 aliphatic carbocycles. The number of hydrogen-bond acceptors (Lipinski definition) is 2. The van der Waals surface area contributed by atoms with E-state index < -0.39 is 0 Å². The Morgan fingerprint density at radius 1 is 1.38 bits per heavy atom. The number of rotatable bonds is 4. The van der Waals surface area contributed by atoms with Crippen LogP contribution in [0.2, 0.25) is 0 Å². The molecule has 2 heterocycles. The number of hydrogen-bond donors (Lipinski definition) is 1. The van der Waals surface area contributed by atoms with E-state index in [4.69, 9.17) is 0 Å². The molecule has 1 aromatic heterocycles. The van der Waals surface area contributed by atoms with Crippen LogP contribution in [0.1, 0.15) is 24.8 Å². The second-order valence-electron chi connectivity index (χ2n) is 4.95. The van der Waals surface area contributed by atoms with Gasteiger partial charge in [0.15, 0.2) is 0 Å². The van der Waals surface area contributed by atoms with E-state index in [0.29, 0.717) is 0 Å². The van der Waals surface area contributed by atoms with Crippen LogP contribution in [-0.2, 0) is 13.6 Å². The molecule has 0 bridgehead atoms. The maximum Gasteiger partial charge on any atom is 0.0221 e. The van der Waals surface area contributed by atoms with Crippen molar-refractivity contribution in [2.75, 3.05) is 20.1 Å². The van der Waals surface area contributed by atoms with Crippen molar-refractivity contribution < 1.29 is 0 Å². The van der Waals surface area contributed by atoms with Crippen LogP contribution in [0.25, 0.3) is 0 Å². The van der Waals surface area contributed by atoms with Gasteiger partial charge in [-0.1, -0.05) is 6.42 Å². The van der Waals surface area contributed by atoms with Gasteiger partial charge < -0.3 is 14.8 Å². The largest absolute Gasteiger partial charge is 0.357 e. The lowest BCUT2D eigenvalue weighted by atomic mass is 10.0. The zero-order valence-electron chi connectivity index (χ0n) is 10.4. The first kappa shape index (κ1) is 11.7. The smallest absolute Gasteiger partial charge is 0.0221 e. The average molecular weight is 221 g/mol. The summed E-state index contributed by atoms with van der Waals surface area (Å²) < 4.78 is 2.10. The Bertz CT molecular complexity index is 319. The molecule has 16 heavy (non-hydrogen) atoms. The molecule has 1 fully saturated rings. The Morgan fingerprint density at radius 2 is 2.25 bits per heavy atom. The van der Waals surface area contributed by atoms with E-state index >= 15 is 0 Å². The minimum atomic E-state index is 0.734. The third kappa shape index (κ3) is 3.09. The van der Waals surface area contributed by atoms with Gasteiger partial charge in [0.25, 0.3) is 0 Å². The van der Waals surface area contributed by atoms with Crippen LogP contribution in [0.3, 0.4) is 0 Å². The van der Waals surface area contributed by atoms with Crippen molar-refractivity contribution in [3.63, 3.8) is 0 Å². The molecule has 0 spiro atoms. The van der Waals surface area contributed by atoms with E-state index in [2.05, 4.69) is 47.3 Å². The topological polar surface area (TPSA) is 20.2 Å². The molecule has 1 aliphatic rings. The standard InChI is InChI=1S/C13H23N3/c1-15-8-6-12(11-15)9-14-10-13-5-3-4-7-16(13)2/h6,8,11,13-14H,3-5,7,9-10H2,1-2H3. The summed E-state index contributed by atoms with van der Waals surface area (Å²) in [6, 6.07) is 2.91. The molecule has 3 heteroatoms. The fraction of sp³-hybridized carbons (Fsp3) is 0.692. The van der Waals surface area contributed by atoms with Crippen molar-refractivity contribution in [1.29, 1.82) is 0 Å². The molecule has 1 saturated heterocycles. The molecule has 0 aromatic carbocycles. The zero-order valence-corrected chi connectivity index (χ0v) is 10.4. The number of nitrogens with one attached hydrogen (secondary N) is 1. The molecular weight excluding hydrogens is 198 g/mol. The van der Waals surface area contributed by atoms with Gasteiger partial charge in [-0.2, -0.15) is 0 Å². The predicted molar refractivity (Wildman–Crippen MR) is 67.4 cm³/mol. The lowest BCUT2D eigenvalue weighted by molar-refractivity contribution is 0.181. The highest BCUT2D eigenvalue weighted by Crippen LogP contribution is 2.14. The lowest BCUT2D eigenvalue weighted by Crippen LogP contribution is -2.42. The summed E-state index contributed by atoms with van der Waals surface area (Å²) in [5.74, 6) is 0. The lowest BCUT2D eigenvalue weighted by Gasteiger charge is -2.32. The molecule has 1 aromatic rings. The number of aryl methyl sites for hydroxylation is 1. The molecule has 0 amide bonds. The van der Waals surface area contributed by atoms with Gasteiger partial charge in [-0.05, 0) is 38.1 Å². The first-order valence-corrected chi connectivity index (χ1v) is 6.27. The molecule has 0 saturated carbocycles. The normalized spacial score (nSPS) is 22.5. The molecule has 1 aliphatic heterocycles. The average Bonchev–Trinajstić information content (AvgIpc) is 2.67. The number of likely N-dealkylation sites (tertiary alicyclic amines) is 1. The number of likely N-dealkylation sites (N-methyl/N-ethyl adjacent to an activating group) is 1. The predicted octanol–water partition coefficient (Wildman–Crippen LogP) is 1.60. The van der Waals surface area contributed by atoms with Crippen molar-refractivity contribution in [3.8, 4) is 0 Å². The van der Waals surface area contributed by atoms with Gasteiger partial charge in [-0.3, -0.25) is 0 Å². The van der Waals surface area contributed by atoms with Crippen LogP contribution in [0.4, 0.5) is 0 Å². The minimum Gasteiger partial charge on any atom is -0.357 e. The van der Waals surface area contributed by atoms with Gasteiger partial charge in [0, 0.05) is 38.6 Å². The molecule has 3 nitrogen and oxygen atoms in total. The summed E-state index contributed by atoms with van der Waals surface area (Å²) in [5.41, 5.74) is 1.38. The summed E-state index contributed by atoms with van der Waals surface area (Å²) in [5, 5.41) is 3.56. The van der Waals surface area contributed by atoms with Crippen LogP contribution in [0.15, 0.2) is 18.5 Å². The fourth-order valence-electron chi connectivity index (χ4n) is 2.45. The Labute approximate surface area is 98.4 Å². The third-order valence-corrected chi connectivity index (χ3v) is 3.52. The van der Waals surface area contributed by atoms with E-state index in [1.54, 1.807) is 0 Å². The highest BCUT2D eigenvalue weighted by Gasteiger charge is 2.17. The van der Waals surface area contributed by atoms with E-state index in [-0.39, 0.29) is 0 Å². The summed E-state index contributed by atoms with van der Waals surface area (Å²) in [4.78, 5) is 2.49. The second kappa shape index (κ2) is 5.51.